The van der Waals surface area contributed by atoms with Gasteiger partial charge < -0.3 is 10.4 Å². The van der Waals surface area contributed by atoms with Gasteiger partial charge in [0.15, 0.2) is 0 Å². The zero-order valence-corrected chi connectivity index (χ0v) is 12.3. The van der Waals surface area contributed by atoms with Crippen LogP contribution in [0.3, 0.4) is 0 Å². The first-order valence-electron chi connectivity index (χ1n) is 7.30. The zero-order valence-electron chi connectivity index (χ0n) is 12.3. The van der Waals surface area contributed by atoms with Crippen molar-refractivity contribution in [2.45, 2.75) is 12.3 Å². The summed E-state index contributed by atoms with van der Waals surface area (Å²) in [4.78, 5) is 11.8. The Hall–Kier alpha value is -2.53. The van der Waals surface area contributed by atoms with E-state index in [1.807, 2.05) is 60.7 Å². The fraction of sp³-hybridized carbons (Fsp3) is 0.235. The maximum absolute atomic E-state index is 11.8. The van der Waals surface area contributed by atoms with E-state index in [0.717, 1.165) is 11.3 Å². The van der Waals surface area contributed by atoms with Crippen LogP contribution in [-0.4, -0.2) is 24.3 Å². The summed E-state index contributed by atoms with van der Waals surface area (Å²) in [5.41, 5.74) is 7.33. The number of aliphatic hydroxyl groups is 1. The molecule has 1 unspecified atom stereocenters. The number of urea groups is 1. The second kappa shape index (κ2) is 8.69. The number of aliphatic hydroxyl groups excluding tert-OH is 1. The fourth-order valence-corrected chi connectivity index (χ4v) is 2.18. The Labute approximate surface area is 130 Å². The number of nitrogens with one attached hydrogen (secondary N) is 3. The lowest BCUT2D eigenvalue weighted by Crippen LogP contribution is -2.40. The molecule has 0 aliphatic rings. The third-order valence-corrected chi connectivity index (χ3v) is 3.35. The first-order valence-corrected chi connectivity index (χ1v) is 7.30. The smallest absolute Gasteiger partial charge is 0.333 e. The van der Waals surface area contributed by atoms with Gasteiger partial charge >= 0.3 is 6.03 Å². The topological polar surface area (TPSA) is 73.4 Å². The highest BCUT2D eigenvalue weighted by Gasteiger charge is 2.12. The van der Waals surface area contributed by atoms with Crippen LogP contribution in [0.1, 0.15) is 17.9 Å². The monoisotopic (exact) mass is 299 g/mol. The summed E-state index contributed by atoms with van der Waals surface area (Å²) in [6, 6.07) is 19.0. The molecule has 4 N–H and O–H groups in total. The number of carbonyl (C=O) groups excluding carboxylic acids is 1. The predicted molar refractivity (Wildman–Crippen MR) is 87.5 cm³/mol. The van der Waals surface area contributed by atoms with Gasteiger partial charge in [-0.15, -0.1) is 0 Å². The van der Waals surface area contributed by atoms with Crippen LogP contribution in [0.4, 0.5) is 10.5 Å². The number of hydrogen-bond donors (Lipinski definition) is 4. The molecule has 0 fully saturated rings. The molecule has 0 aromatic heterocycles. The molecule has 2 amide bonds. The summed E-state index contributed by atoms with van der Waals surface area (Å²) in [5, 5.41) is 12.0. The van der Waals surface area contributed by atoms with Crippen LogP contribution in [0.5, 0.6) is 0 Å². The Morgan fingerprint density at radius 3 is 2.27 bits per heavy atom. The molecule has 2 aromatic carbocycles. The maximum Gasteiger partial charge on any atom is 0.333 e. The van der Waals surface area contributed by atoms with Crippen molar-refractivity contribution in [3.05, 3.63) is 66.2 Å². The van der Waals surface area contributed by atoms with E-state index < -0.39 is 0 Å². The molecule has 1 atom stereocenters. The summed E-state index contributed by atoms with van der Waals surface area (Å²) in [7, 11) is 0. The van der Waals surface area contributed by atoms with Gasteiger partial charge in [0.1, 0.15) is 0 Å². The molecule has 0 aliphatic carbocycles. The Balaban J connectivity index is 1.80. The number of benzene rings is 2. The van der Waals surface area contributed by atoms with E-state index in [9.17, 15) is 9.90 Å². The second-order valence-electron chi connectivity index (χ2n) is 4.95. The molecule has 2 aromatic rings. The van der Waals surface area contributed by atoms with Gasteiger partial charge in [0.25, 0.3) is 0 Å². The molecule has 2 rings (SSSR count). The highest BCUT2D eigenvalue weighted by molar-refractivity contribution is 5.75. The molecule has 0 spiro atoms. The minimum Gasteiger partial charge on any atom is -0.396 e. The lowest BCUT2D eigenvalue weighted by Gasteiger charge is -2.17. The van der Waals surface area contributed by atoms with Crippen molar-refractivity contribution < 1.29 is 9.90 Å². The molecule has 5 nitrogen and oxygen atoms in total. The average molecular weight is 299 g/mol. The maximum atomic E-state index is 11.8. The van der Waals surface area contributed by atoms with Gasteiger partial charge in [-0.3, -0.25) is 10.9 Å². The van der Waals surface area contributed by atoms with Gasteiger partial charge in [0.05, 0.1) is 5.69 Å². The van der Waals surface area contributed by atoms with Crippen LogP contribution in [0, 0.1) is 0 Å². The van der Waals surface area contributed by atoms with Crippen molar-refractivity contribution >= 4 is 11.7 Å². The molecule has 116 valence electrons. The van der Waals surface area contributed by atoms with Gasteiger partial charge in [0.2, 0.25) is 0 Å². The van der Waals surface area contributed by atoms with Crippen molar-refractivity contribution in [1.29, 1.82) is 0 Å². The highest BCUT2D eigenvalue weighted by Crippen LogP contribution is 2.17. The summed E-state index contributed by atoms with van der Waals surface area (Å²) < 4.78 is 0. The Morgan fingerprint density at radius 1 is 1.00 bits per heavy atom. The highest BCUT2D eigenvalue weighted by atomic mass is 16.3. The molecule has 0 radical (unpaired) electrons. The lowest BCUT2D eigenvalue weighted by atomic mass is 9.96. The number of amides is 2. The fourth-order valence-electron chi connectivity index (χ4n) is 2.18. The number of rotatable bonds is 7. The van der Waals surface area contributed by atoms with Crippen LogP contribution in [0.15, 0.2) is 60.7 Å². The summed E-state index contributed by atoms with van der Waals surface area (Å²) in [5.74, 6) is 0.0914. The Kier molecular flexibility index (Phi) is 6.26. The van der Waals surface area contributed by atoms with E-state index in [1.54, 1.807) is 0 Å². The Bertz CT molecular complexity index is 561. The number of para-hydroxylation sites is 1. The molecule has 0 bridgehead atoms. The first-order chi connectivity index (χ1) is 10.8. The number of carbonyl (C=O) groups is 1. The quantitative estimate of drug-likeness (QED) is 0.593. The van der Waals surface area contributed by atoms with Gasteiger partial charge in [-0.1, -0.05) is 48.5 Å². The minimum atomic E-state index is -0.303. The number of hydrazine groups is 1. The van der Waals surface area contributed by atoms with Crippen LogP contribution in [0.2, 0.25) is 0 Å². The van der Waals surface area contributed by atoms with Crippen molar-refractivity contribution in [2.75, 3.05) is 18.6 Å². The van der Waals surface area contributed by atoms with Crippen molar-refractivity contribution in [3.63, 3.8) is 0 Å². The molecule has 5 heteroatoms. The van der Waals surface area contributed by atoms with E-state index in [-0.39, 0.29) is 18.6 Å². The number of hydrogen-bond acceptors (Lipinski definition) is 3. The molecule has 0 saturated carbocycles. The van der Waals surface area contributed by atoms with Crippen LogP contribution >= 0.6 is 0 Å². The largest absolute Gasteiger partial charge is 0.396 e. The SMILES string of the molecule is O=C(NCC(CCO)c1ccccc1)NNc1ccccc1. The predicted octanol–water partition coefficient (Wildman–Crippen LogP) is 2.48. The van der Waals surface area contributed by atoms with Gasteiger partial charge in [-0.05, 0) is 24.1 Å². The third kappa shape index (κ3) is 5.10. The van der Waals surface area contributed by atoms with Crippen molar-refractivity contribution in [3.8, 4) is 0 Å². The zero-order chi connectivity index (χ0) is 15.6. The third-order valence-electron chi connectivity index (χ3n) is 3.35. The van der Waals surface area contributed by atoms with E-state index >= 15 is 0 Å². The summed E-state index contributed by atoms with van der Waals surface area (Å²) in [6.07, 6.45) is 0.608. The Morgan fingerprint density at radius 2 is 1.64 bits per heavy atom. The summed E-state index contributed by atoms with van der Waals surface area (Å²) >= 11 is 0. The standard InChI is InChI=1S/C17H21N3O2/c21-12-11-15(14-7-3-1-4-8-14)13-18-17(22)20-19-16-9-5-2-6-10-16/h1-10,15,19,21H,11-13H2,(H2,18,20,22). The van der Waals surface area contributed by atoms with Crippen molar-refractivity contribution in [1.82, 2.24) is 10.7 Å². The lowest BCUT2D eigenvalue weighted by molar-refractivity contribution is 0.239. The number of anilines is 1. The first kappa shape index (κ1) is 15.9. The normalized spacial score (nSPS) is 11.5. The molecule has 0 heterocycles. The van der Waals surface area contributed by atoms with Gasteiger partial charge in [-0.2, -0.15) is 0 Å². The summed E-state index contributed by atoms with van der Waals surface area (Å²) in [6.45, 7) is 0.554. The second-order valence-corrected chi connectivity index (χ2v) is 4.95. The molecular formula is C17H21N3O2. The minimum absolute atomic E-state index is 0.0884. The van der Waals surface area contributed by atoms with Crippen LogP contribution in [-0.2, 0) is 0 Å². The molecule has 0 saturated heterocycles. The average Bonchev–Trinajstić information content (AvgIpc) is 2.58. The molecule has 0 aliphatic heterocycles. The van der Waals surface area contributed by atoms with Gasteiger partial charge in [-0.25, -0.2) is 4.79 Å². The van der Waals surface area contributed by atoms with Crippen LogP contribution < -0.4 is 16.2 Å². The van der Waals surface area contributed by atoms with E-state index in [1.165, 1.54) is 0 Å². The van der Waals surface area contributed by atoms with E-state index in [0.29, 0.717) is 13.0 Å². The van der Waals surface area contributed by atoms with Crippen molar-refractivity contribution in [2.24, 2.45) is 0 Å². The van der Waals surface area contributed by atoms with E-state index in [4.69, 9.17) is 0 Å². The van der Waals surface area contributed by atoms with E-state index in [2.05, 4.69) is 16.2 Å². The van der Waals surface area contributed by atoms with Crippen LogP contribution in [0.25, 0.3) is 0 Å². The molecule has 22 heavy (non-hydrogen) atoms. The van der Waals surface area contributed by atoms with Gasteiger partial charge in [0, 0.05) is 19.1 Å². The molecular weight excluding hydrogens is 278 g/mol.